The minimum Gasteiger partial charge on any atom is -0.299 e. The van der Waals surface area contributed by atoms with Crippen molar-refractivity contribution in [3.63, 3.8) is 0 Å². The molecular formula is C10H12F12O6P2. The summed E-state index contributed by atoms with van der Waals surface area (Å²) in [4.78, 5) is 0. The lowest BCUT2D eigenvalue weighted by Crippen LogP contribution is -2.23. The fraction of sp³-hybridized carbons (Fsp3) is 1.00. The summed E-state index contributed by atoms with van der Waals surface area (Å²) in [6, 6.07) is 0. The summed E-state index contributed by atoms with van der Waals surface area (Å²) in [5.74, 6) is 0. The van der Waals surface area contributed by atoms with Crippen LogP contribution in [0.1, 0.15) is 0 Å². The molecule has 0 saturated heterocycles. The molecule has 0 radical (unpaired) electrons. The van der Waals surface area contributed by atoms with E-state index in [2.05, 4.69) is 18.1 Å². The van der Waals surface area contributed by atoms with Gasteiger partial charge in [-0.25, -0.2) is 0 Å². The lowest BCUT2D eigenvalue weighted by molar-refractivity contribution is -0.166. The van der Waals surface area contributed by atoms with E-state index >= 15 is 0 Å². The van der Waals surface area contributed by atoms with Gasteiger partial charge in [0, 0.05) is 0 Å². The average Bonchev–Trinajstić information content (AvgIpc) is 2.51. The molecule has 0 heterocycles. The van der Waals surface area contributed by atoms with Gasteiger partial charge in [-0.2, -0.15) is 52.7 Å². The van der Waals surface area contributed by atoms with Crippen LogP contribution >= 0.6 is 15.2 Å². The van der Waals surface area contributed by atoms with Crippen LogP contribution < -0.4 is 0 Å². The first-order chi connectivity index (χ1) is 13.0. The number of alkyl halides is 12. The smallest absolute Gasteiger partial charge is 0.299 e. The van der Waals surface area contributed by atoms with E-state index in [0.717, 1.165) is 0 Å². The van der Waals surface area contributed by atoms with E-state index in [9.17, 15) is 61.8 Å². The standard InChI is InChI=1S/C10H12F12O6P2/c11-7(12,13)3-25-29(23,26-4-8(14,15)16)1-2-30(24,27-5-9(17,18)19)28-6-10(20,21)22/h1-6H2. The van der Waals surface area contributed by atoms with Crippen molar-refractivity contribution in [1.82, 2.24) is 0 Å². The maximum absolute atomic E-state index is 12.2. The zero-order valence-electron chi connectivity index (χ0n) is 14.1. The predicted molar refractivity (Wildman–Crippen MR) is 73.0 cm³/mol. The largest absolute Gasteiger partial charge is 0.412 e. The van der Waals surface area contributed by atoms with Gasteiger partial charge in [-0.1, -0.05) is 0 Å². The van der Waals surface area contributed by atoms with E-state index in [1.165, 1.54) is 0 Å². The van der Waals surface area contributed by atoms with E-state index in [1.54, 1.807) is 0 Å². The molecule has 0 aliphatic rings. The first kappa shape index (κ1) is 29.5. The molecule has 0 fully saturated rings. The van der Waals surface area contributed by atoms with Gasteiger partial charge in [-0.15, -0.1) is 0 Å². The van der Waals surface area contributed by atoms with E-state index in [-0.39, 0.29) is 0 Å². The van der Waals surface area contributed by atoms with Crippen molar-refractivity contribution in [1.29, 1.82) is 0 Å². The molecule has 20 heteroatoms. The Kier molecular flexibility index (Phi) is 10.2. The molecule has 0 aromatic heterocycles. The Morgan fingerprint density at radius 1 is 0.433 bits per heavy atom. The third kappa shape index (κ3) is 16.2. The Morgan fingerprint density at radius 3 is 0.733 bits per heavy atom. The van der Waals surface area contributed by atoms with Crippen molar-refractivity contribution in [2.75, 3.05) is 38.8 Å². The second-order valence-corrected chi connectivity index (χ2v) is 9.59. The van der Waals surface area contributed by atoms with Crippen LogP contribution in [0.25, 0.3) is 0 Å². The molecular weight excluding hydrogens is 506 g/mol. The Hall–Kier alpha value is -0.540. The molecule has 0 atom stereocenters. The predicted octanol–water partition coefficient (Wildman–Crippen LogP) is 5.69. The molecule has 0 rings (SSSR count). The minimum atomic E-state index is -5.47. The van der Waals surface area contributed by atoms with Gasteiger partial charge in [0.05, 0.1) is 12.3 Å². The molecule has 0 aliphatic heterocycles. The highest BCUT2D eigenvalue weighted by atomic mass is 31.2. The Labute approximate surface area is 159 Å². The summed E-state index contributed by atoms with van der Waals surface area (Å²) < 4.78 is 185. The quantitative estimate of drug-likeness (QED) is 0.259. The van der Waals surface area contributed by atoms with Crippen molar-refractivity contribution in [2.45, 2.75) is 24.7 Å². The van der Waals surface area contributed by atoms with Crippen molar-refractivity contribution in [3.8, 4) is 0 Å². The van der Waals surface area contributed by atoms with Crippen LogP contribution in [0.3, 0.4) is 0 Å². The summed E-state index contributed by atoms with van der Waals surface area (Å²) in [7, 11) is -10.9. The normalized spacial score (nSPS) is 14.9. The lowest BCUT2D eigenvalue weighted by Gasteiger charge is -2.24. The molecule has 0 aromatic carbocycles. The van der Waals surface area contributed by atoms with Crippen LogP contribution in [-0.4, -0.2) is 63.5 Å². The van der Waals surface area contributed by atoms with E-state index in [1.807, 2.05) is 0 Å². The number of hydrogen-bond acceptors (Lipinski definition) is 6. The van der Waals surface area contributed by atoms with Crippen molar-refractivity contribution >= 4 is 15.2 Å². The zero-order chi connectivity index (χ0) is 24.1. The SMILES string of the molecule is O=P(CCP(=O)(OCC(F)(F)F)OCC(F)(F)F)(OCC(F)(F)F)OCC(F)(F)F. The van der Waals surface area contributed by atoms with E-state index in [0.29, 0.717) is 0 Å². The molecule has 0 amide bonds. The van der Waals surface area contributed by atoms with Crippen LogP contribution in [0.2, 0.25) is 0 Å². The fourth-order valence-electron chi connectivity index (χ4n) is 1.26. The molecule has 30 heavy (non-hydrogen) atoms. The first-order valence-electron chi connectivity index (χ1n) is 7.06. The third-order valence-electron chi connectivity index (χ3n) is 2.35. The van der Waals surface area contributed by atoms with E-state index in [4.69, 9.17) is 0 Å². The summed E-state index contributed by atoms with van der Waals surface area (Å²) >= 11 is 0. The molecule has 0 spiro atoms. The van der Waals surface area contributed by atoms with Crippen LogP contribution in [0.4, 0.5) is 52.7 Å². The summed E-state index contributed by atoms with van der Waals surface area (Å²) in [5, 5.41) is 0. The molecule has 0 N–H and O–H groups in total. The monoisotopic (exact) mass is 518 g/mol. The molecule has 6 nitrogen and oxygen atoms in total. The third-order valence-corrected chi connectivity index (χ3v) is 6.33. The second-order valence-electron chi connectivity index (χ2n) is 5.22. The molecule has 0 aliphatic carbocycles. The molecule has 0 aromatic rings. The van der Waals surface area contributed by atoms with Gasteiger partial charge < -0.3 is 0 Å². The molecule has 0 saturated carbocycles. The maximum Gasteiger partial charge on any atom is 0.412 e. The topological polar surface area (TPSA) is 71.1 Å². The van der Waals surface area contributed by atoms with Crippen molar-refractivity contribution in [3.05, 3.63) is 0 Å². The van der Waals surface area contributed by atoms with Gasteiger partial charge >= 0.3 is 39.9 Å². The van der Waals surface area contributed by atoms with Crippen LogP contribution in [0.5, 0.6) is 0 Å². The van der Waals surface area contributed by atoms with Gasteiger partial charge in [0.1, 0.15) is 0 Å². The zero-order valence-corrected chi connectivity index (χ0v) is 15.9. The van der Waals surface area contributed by atoms with Gasteiger partial charge in [0.2, 0.25) is 0 Å². The maximum atomic E-state index is 12.2. The second kappa shape index (κ2) is 10.4. The first-order valence-corrected chi connectivity index (χ1v) is 10.5. The van der Waals surface area contributed by atoms with Gasteiger partial charge in [-0.05, 0) is 0 Å². The highest BCUT2D eigenvalue weighted by Crippen LogP contribution is 2.57. The lowest BCUT2D eigenvalue weighted by atomic mass is 10.7. The molecule has 182 valence electrons. The molecule has 0 bridgehead atoms. The van der Waals surface area contributed by atoms with Crippen molar-refractivity contribution in [2.24, 2.45) is 0 Å². The van der Waals surface area contributed by atoms with Crippen LogP contribution in [0.15, 0.2) is 0 Å². The number of hydrogen-bond donors (Lipinski definition) is 0. The van der Waals surface area contributed by atoms with E-state index < -0.39 is 78.6 Å². The van der Waals surface area contributed by atoms with Crippen LogP contribution in [0, 0.1) is 0 Å². The number of rotatable bonds is 11. The highest BCUT2D eigenvalue weighted by molar-refractivity contribution is 7.58. The Balaban J connectivity index is 5.44. The van der Waals surface area contributed by atoms with Gasteiger partial charge in [0.15, 0.2) is 26.4 Å². The summed E-state index contributed by atoms with van der Waals surface area (Å²) in [5.41, 5.74) is 0. The number of halogens is 12. The van der Waals surface area contributed by atoms with Crippen LogP contribution in [-0.2, 0) is 27.2 Å². The van der Waals surface area contributed by atoms with Gasteiger partial charge in [-0.3, -0.25) is 27.2 Å². The fourth-order valence-corrected chi connectivity index (χ4v) is 5.26. The minimum absolute atomic E-state index is 1.74. The summed E-state index contributed by atoms with van der Waals surface area (Å²) in [6.45, 7) is -9.78. The van der Waals surface area contributed by atoms with Gasteiger partial charge in [0.25, 0.3) is 0 Å². The van der Waals surface area contributed by atoms with Crippen molar-refractivity contribution < 1.29 is 79.9 Å². The summed E-state index contributed by atoms with van der Waals surface area (Å²) in [6.07, 6.45) is -24.5. The Bertz CT molecular complexity index is 527. The Morgan fingerprint density at radius 2 is 0.600 bits per heavy atom. The molecule has 0 unspecified atom stereocenters. The highest BCUT2D eigenvalue weighted by Gasteiger charge is 2.43. The average molecular weight is 518 g/mol.